The zero-order valence-corrected chi connectivity index (χ0v) is 59.0. The number of rotatable bonds is 6. The molecule has 4 saturated carbocycles. The molecule has 4 amide bonds. The summed E-state index contributed by atoms with van der Waals surface area (Å²) in [4.78, 5) is 132. The van der Waals surface area contributed by atoms with Crippen molar-refractivity contribution in [3.05, 3.63) is 187 Å². The molecule has 12 heterocycles. The number of amides is 4. The third kappa shape index (κ3) is 14.7. The highest BCUT2D eigenvalue weighted by atomic mass is 79.9. The highest BCUT2D eigenvalue weighted by Crippen LogP contribution is 2.43. The van der Waals surface area contributed by atoms with E-state index in [4.69, 9.17) is 52.1 Å². The highest BCUT2D eigenvalue weighted by Gasteiger charge is 2.49. The van der Waals surface area contributed by atoms with Crippen molar-refractivity contribution < 1.29 is 19.2 Å². The van der Waals surface area contributed by atoms with Gasteiger partial charge in [0.25, 0.3) is 45.9 Å². The SMILES string of the molecule is Cl.Cl.Nc1ccncn1.O=C1NC2(CCCCC2)n2c1c(Cl)cc(Br)c2=O.O=C1NC2(CCCCC2)n2c1c(Cl)cc(Nc1ccncn1)c2=O.O=C1NC2(CCCCC2)n2c1c(Cl)cc(Nc1ccncn1)c2=O.O=C1NC2(CCCCC2)n2c1c(Cl)cc(Nc1ccncn1)c2=O. The summed E-state index contributed by atoms with van der Waals surface area (Å²) in [6.45, 7) is 0. The minimum atomic E-state index is -0.658. The van der Waals surface area contributed by atoms with Crippen molar-refractivity contribution in [2.24, 2.45) is 0 Å². The van der Waals surface area contributed by atoms with Gasteiger partial charge in [-0.25, -0.2) is 39.9 Å². The van der Waals surface area contributed by atoms with Gasteiger partial charge in [0.1, 0.15) is 111 Å². The number of aromatic nitrogens is 12. The van der Waals surface area contributed by atoms with Gasteiger partial charge in [-0.1, -0.05) is 72.1 Å². The number of hydrogen-bond donors (Lipinski definition) is 8. The maximum absolute atomic E-state index is 13.0. The molecule has 4 spiro atoms. The normalized spacial score (nSPS) is 17.7. The van der Waals surface area contributed by atoms with Crippen LogP contribution in [0.4, 0.5) is 40.3 Å². The van der Waals surface area contributed by atoms with Gasteiger partial charge in [-0.05, 0) is 167 Å². The second kappa shape index (κ2) is 30.9. The van der Waals surface area contributed by atoms with Crippen LogP contribution in [0.1, 0.15) is 170 Å². The van der Waals surface area contributed by atoms with Crippen LogP contribution in [0.25, 0.3) is 0 Å². The second-order valence-corrected chi connectivity index (χ2v) is 27.0. The molecule has 28 nitrogen and oxygen atoms in total. The second-order valence-electron chi connectivity index (χ2n) is 24.5. The Kier molecular flexibility index (Phi) is 22.8. The summed E-state index contributed by atoms with van der Waals surface area (Å²) in [6, 6.07) is 12.6. The van der Waals surface area contributed by atoms with E-state index in [1.165, 1.54) is 49.6 Å². The number of pyridine rings is 4. The zero-order valence-electron chi connectivity index (χ0n) is 52.8. The Morgan fingerprint density at radius 2 is 0.626 bits per heavy atom. The van der Waals surface area contributed by atoms with Crippen LogP contribution >= 0.6 is 87.1 Å². The van der Waals surface area contributed by atoms with Crippen molar-refractivity contribution >= 4 is 151 Å². The lowest BCUT2D eigenvalue weighted by molar-refractivity contribution is 0.0867. The van der Waals surface area contributed by atoms with Gasteiger partial charge >= 0.3 is 0 Å². The Labute approximate surface area is 605 Å². The van der Waals surface area contributed by atoms with Crippen LogP contribution in [0.3, 0.4) is 0 Å². The van der Waals surface area contributed by atoms with Crippen LogP contribution in [-0.4, -0.2) is 81.8 Å². The van der Waals surface area contributed by atoms with Gasteiger partial charge in [0, 0.05) is 24.8 Å². The smallest absolute Gasteiger partial charge is 0.276 e. The fourth-order valence-corrected chi connectivity index (χ4v) is 15.8. The minimum Gasteiger partial charge on any atom is -0.384 e. The molecule has 0 atom stereocenters. The molecule has 35 heteroatoms. The molecule has 4 fully saturated rings. The van der Waals surface area contributed by atoms with Crippen molar-refractivity contribution in [2.75, 3.05) is 21.7 Å². The molecule has 8 aromatic heterocycles. The average molecular weight is 1540 g/mol. The summed E-state index contributed by atoms with van der Waals surface area (Å²) in [5.41, 5.74) is 3.60. The predicted molar refractivity (Wildman–Crippen MR) is 382 cm³/mol. The molecular weight excluding hydrogens is 1470 g/mol. The fraction of sp³-hybridized carbons (Fsp3) is 0.375. The molecule has 520 valence electrons. The number of nitrogens with two attached hydrogens (primary N) is 1. The number of carbonyl (C=O) groups excluding carboxylic acids is 4. The first kappa shape index (κ1) is 73.1. The predicted octanol–water partition coefficient (Wildman–Crippen LogP) is 10.7. The standard InChI is InChI=1S/3C16H16ClN5O2.C12H12BrClN2O2.C4H5N3.2ClH/c3*17-10-8-11(20-12-4-7-18-9-19-12)15(24)22-13(10)14(23)21-16(22)5-2-1-3-6-16;13-7-6-8(14)9-10(17)15-12(16(9)11(7)18)4-2-1-3-5-12;5-4-1-2-6-3-7-4;;/h3*4,7-9H,1-3,5-6H2,(H,21,23)(H,18,19,20);6H,1-5H2,(H,15,17);1-3H,(H2,5,6,7);2*1H. The molecule has 0 unspecified atom stereocenters. The van der Waals surface area contributed by atoms with Gasteiger partial charge in [-0.15, -0.1) is 24.8 Å². The number of nitrogen functional groups attached to an aromatic ring is 1. The van der Waals surface area contributed by atoms with Crippen molar-refractivity contribution in [1.29, 1.82) is 0 Å². The van der Waals surface area contributed by atoms with Gasteiger partial charge in [-0.3, -0.25) is 56.6 Å². The molecule has 16 rings (SSSR count). The lowest BCUT2D eigenvalue weighted by Gasteiger charge is -2.35. The van der Waals surface area contributed by atoms with Crippen LogP contribution in [-0.2, 0) is 22.7 Å². The molecule has 0 saturated heterocycles. The summed E-state index contributed by atoms with van der Waals surface area (Å²) < 4.78 is 6.58. The molecular formula is C64H67BrCl6N20O8. The molecule has 9 N–H and O–H groups in total. The number of nitrogens with one attached hydrogen (secondary N) is 7. The van der Waals surface area contributed by atoms with Crippen molar-refractivity contribution in [3.63, 3.8) is 0 Å². The number of hydrogen-bond acceptors (Lipinski definition) is 20. The lowest BCUT2D eigenvalue weighted by Crippen LogP contribution is -2.48. The van der Waals surface area contributed by atoms with Crippen molar-refractivity contribution in [1.82, 2.24) is 79.4 Å². The average Bonchev–Trinajstić information content (AvgIpc) is 1.62. The molecule has 8 aliphatic rings. The Hall–Kier alpha value is -8.58. The summed E-state index contributed by atoms with van der Waals surface area (Å²) >= 11 is 28.3. The summed E-state index contributed by atoms with van der Waals surface area (Å²) in [5, 5.41) is 21.9. The van der Waals surface area contributed by atoms with Gasteiger partial charge in [0.05, 0.1) is 24.6 Å². The van der Waals surface area contributed by atoms with Gasteiger partial charge in [0.15, 0.2) is 0 Å². The Morgan fingerprint density at radius 3 is 0.859 bits per heavy atom. The van der Waals surface area contributed by atoms with E-state index in [0.29, 0.717) is 55.5 Å². The molecule has 8 aromatic rings. The highest BCUT2D eigenvalue weighted by molar-refractivity contribution is 9.10. The summed E-state index contributed by atoms with van der Waals surface area (Å²) in [5.74, 6) is 0.894. The van der Waals surface area contributed by atoms with E-state index in [1.54, 1.807) is 67.3 Å². The number of fused-ring (bicyclic) bond motifs is 8. The molecule has 4 aliphatic heterocycles. The Balaban J connectivity index is 0.000000138. The molecule has 4 aliphatic carbocycles. The molecule has 0 bridgehead atoms. The molecule has 99 heavy (non-hydrogen) atoms. The third-order valence-electron chi connectivity index (χ3n) is 18.4. The van der Waals surface area contributed by atoms with E-state index >= 15 is 0 Å². The van der Waals surface area contributed by atoms with E-state index < -0.39 is 22.7 Å². The summed E-state index contributed by atoms with van der Waals surface area (Å²) in [7, 11) is 0. The van der Waals surface area contributed by atoms with Crippen molar-refractivity contribution in [3.8, 4) is 0 Å². The van der Waals surface area contributed by atoms with Crippen LogP contribution in [0.5, 0.6) is 0 Å². The minimum absolute atomic E-state index is 0. The van der Waals surface area contributed by atoms with Crippen LogP contribution < -0.4 is 65.2 Å². The zero-order chi connectivity index (χ0) is 68.2. The number of halogens is 7. The van der Waals surface area contributed by atoms with Crippen molar-refractivity contribution in [2.45, 2.75) is 151 Å². The number of anilines is 7. The third-order valence-corrected chi connectivity index (χ3v) is 20.1. The quantitative estimate of drug-likeness (QED) is 0.0766. The molecule has 0 radical (unpaired) electrons. The van der Waals surface area contributed by atoms with E-state index in [2.05, 4.69) is 93.0 Å². The van der Waals surface area contributed by atoms with Gasteiger partial charge < -0.3 is 43.0 Å². The van der Waals surface area contributed by atoms with Gasteiger partial charge in [-0.2, -0.15) is 0 Å². The fourth-order valence-electron chi connectivity index (χ4n) is 14.1. The maximum Gasteiger partial charge on any atom is 0.276 e. The van der Waals surface area contributed by atoms with E-state index in [-0.39, 0.29) is 103 Å². The number of nitrogens with zero attached hydrogens (tertiary/aromatic N) is 12. The van der Waals surface area contributed by atoms with E-state index in [1.807, 2.05) is 0 Å². The van der Waals surface area contributed by atoms with Crippen LogP contribution in [0.15, 0.2) is 122 Å². The monoisotopic (exact) mass is 1530 g/mol. The molecule has 0 aromatic carbocycles. The maximum atomic E-state index is 13.0. The Bertz CT molecular complexity index is 4250. The van der Waals surface area contributed by atoms with Crippen LogP contribution in [0.2, 0.25) is 20.1 Å². The van der Waals surface area contributed by atoms with Gasteiger partial charge in [0.2, 0.25) is 0 Å². The lowest BCUT2D eigenvalue weighted by atomic mass is 9.89. The largest absolute Gasteiger partial charge is 0.384 e. The Morgan fingerprint density at radius 1 is 0.374 bits per heavy atom. The first-order valence-corrected chi connectivity index (χ1v) is 34.0. The first-order chi connectivity index (χ1) is 46.8. The van der Waals surface area contributed by atoms with E-state index in [0.717, 1.165) is 128 Å². The first-order valence-electron chi connectivity index (χ1n) is 31.7. The van der Waals surface area contributed by atoms with E-state index in [9.17, 15) is 38.4 Å². The summed E-state index contributed by atoms with van der Waals surface area (Å²) in [6.07, 6.45) is 30.2. The number of carbonyl (C=O) groups is 4. The van der Waals surface area contributed by atoms with Crippen LogP contribution in [0, 0.1) is 0 Å². The topological polar surface area (TPSA) is 370 Å².